The van der Waals surface area contributed by atoms with Gasteiger partial charge in [0.1, 0.15) is 0 Å². The van der Waals surface area contributed by atoms with Gasteiger partial charge in [0.2, 0.25) is 5.95 Å². The Bertz CT molecular complexity index is 353. The van der Waals surface area contributed by atoms with Gasteiger partial charge in [0.15, 0.2) is 0 Å². The molecule has 1 aliphatic heterocycles. The zero-order chi connectivity index (χ0) is 11.4. The molecule has 1 N–H and O–H groups in total. The zero-order valence-electron chi connectivity index (χ0n) is 9.45. The molecule has 6 heteroatoms. The van der Waals surface area contributed by atoms with Crippen LogP contribution in [0.25, 0.3) is 0 Å². The van der Waals surface area contributed by atoms with Crippen LogP contribution in [0.1, 0.15) is 19.3 Å². The number of carboxylic acids is 1. The summed E-state index contributed by atoms with van der Waals surface area (Å²) in [5.41, 5.74) is 0. The van der Waals surface area contributed by atoms with Crippen molar-refractivity contribution in [2.24, 2.45) is 5.92 Å². The van der Waals surface area contributed by atoms with Crippen LogP contribution >= 0.6 is 12.4 Å². The van der Waals surface area contributed by atoms with E-state index in [2.05, 4.69) is 14.9 Å². The Balaban J connectivity index is 0.00000144. The molecule has 0 bridgehead atoms. The van der Waals surface area contributed by atoms with Gasteiger partial charge < -0.3 is 10.0 Å². The van der Waals surface area contributed by atoms with E-state index < -0.39 is 5.97 Å². The van der Waals surface area contributed by atoms with E-state index in [1.165, 1.54) is 0 Å². The molecule has 1 aromatic rings. The molecule has 0 amide bonds. The van der Waals surface area contributed by atoms with Gasteiger partial charge in [-0.25, -0.2) is 9.97 Å². The van der Waals surface area contributed by atoms with E-state index in [9.17, 15) is 4.79 Å². The van der Waals surface area contributed by atoms with Gasteiger partial charge in [0, 0.05) is 31.9 Å². The topological polar surface area (TPSA) is 66.3 Å². The van der Waals surface area contributed by atoms with Crippen molar-refractivity contribution in [3.63, 3.8) is 0 Å². The lowest BCUT2D eigenvalue weighted by Crippen LogP contribution is -2.35. The molecule has 2 heterocycles. The van der Waals surface area contributed by atoms with Gasteiger partial charge in [0.05, 0.1) is 0 Å². The van der Waals surface area contributed by atoms with Crippen molar-refractivity contribution in [3.8, 4) is 0 Å². The number of piperidine rings is 1. The molecule has 0 aliphatic carbocycles. The second-order valence-corrected chi connectivity index (χ2v) is 4.08. The van der Waals surface area contributed by atoms with E-state index in [0.717, 1.165) is 31.9 Å². The van der Waals surface area contributed by atoms with Gasteiger partial charge in [-0.1, -0.05) is 0 Å². The predicted molar refractivity (Wildman–Crippen MR) is 66.5 cm³/mol. The van der Waals surface area contributed by atoms with Crippen molar-refractivity contribution in [1.29, 1.82) is 0 Å². The van der Waals surface area contributed by atoms with Gasteiger partial charge in [-0.15, -0.1) is 12.4 Å². The number of hydrogen-bond acceptors (Lipinski definition) is 4. The summed E-state index contributed by atoms with van der Waals surface area (Å²) in [6.07, 6.45) is 5.55. The average Bonchev–Trinajstić information content (AvgIpc) is 2.30. The van der Waals surface area contributed by atoms with E-state index in [4.69, 9.17) is 5.11 Å². The maximum absolute atomic E-state index is 10.6. The van der Waals surface area contributed by atoms with E-state index in [1.54, 1.807) is 18.5 Å². The first kappa shape index (κ1) is 13.7. The molecule has 0 unspecified atom stereocenters. The third-order valence-corrected chi connectivity index (χ3v) is 2.91. The second kappa shape index (κ2) is 6.39. The summed E-state index contributed by atoms with van der Waals surface area (Å²) in [5.74, 6) is 0.350. The number of carboxylic acid groups (broad SMARTS) is 1. The van der Waals surface area contributed by atoms with Gasteiger partial charge in [-0.05, 0) is 24.8 Å². The Kier molecular flexibility index (Phi) is 5.15. The normalized spacial score (nSPS) is 16.4. The van der Waals surface area contributed by atoms with Gasteiger partial charge in [-0.3, -0.25) is 4.79 Å². The lowest BCUT2D eigenvalue weighted by Gasteiger charge is -2.31. The third kappa shape index (κ3) is 3.85. The molecule has 0 aromatic carbocycles. The van der Waals surface area contributed by atoms with Crippen LogP contribution < -0.4 is 4.90 Å². The minimum Gasteiger partial charge on any atom is -0.481 e. The maximum Gasteiger partial charge on any atom is 0.303 e. The predicted octanol–water partition coefficient (Wildman–Crippen LogP) is 1.59. The smallest absolute Gasteiger partial charge is 0.303 e. The van der Waals surface area contributed by atoms with Crippen LogP contribution in [0.5, 0.6) is 0 Å². The summed E-state index contributed by atoms with van der Waals surface area (Å²) in [7, 11) is 0. The molecule has 0 atom stereocenters. The third-order valence-electron chi connectivity index (χ3n) is 2.91. The molecular formula is C11H16ClN3O2. The molecule has 94 valence electrons. The lowest BCUT2D eigenvalue weighted by atomic mass is 9.94. The minimum atomic E-state index is -0.700. The molecule has 0 radical (unpaired) electrons. The van der Waals surface area contributed by atoms with Crippen LogP contribution in [-0.4, -0.2) is 34.1 Å². The Labute approximate surface area is 106 Å². The van der Waals surface area contributed by atoms with Crippen molar-refractivity contribution in [3.05, 3.63) is 18.5 Å². The Hall–Kier alpha value is -1.36. The highest BCUT2D eigenvalue weighted by Gasteiger charge is 2.22. The van der Waals surface area contributed by atoms with Crippen LogP contribution in [0.3, 0.4) is 0 Å². The summed E-state index contributed by atoms with van der Waals surface area (Å²) in [6.45, 7) is 1.70. The molecule has 17 heavy (non-hydrogen) atoms. The van der Waals surface area contributed by atoms with E-state index in [-0.39, 0.29) is 18.8 Å². The van der Waals surface area contributed by atoms with Crippen molar-refractivity contribution >= 4 is 24.3 Å². The minimum absolute atomic E-state index is 0. The number of anilines is 1. The van der Waals surface area contributed by atoms with Gasteiger partial charge in [-0.2, -0.15) is 0 Å². The molecule has 0 spiro atoms. The highest BCUT2D eigenvalue weighted by atomic mass is 35.5. The average molecular weight is 258 g/mol. The number of nitrogens with zero attached hydrogens (tertiary/aromatic N) is 3. The van der Waals surface area contributed by atoms with Crippen molar-refractivity contribution in [1.82, 2.24) is 9.97 Å². The molecule has 1 aromatic heterocycles. The number of halogens is 1. The summed E-state index contributed by atoms with van der Waals surface area (Å²) in [4.78, 5) is 21.1. The van der Waals surface area contributed by atoms with Gasteiger partial charge >= 0.3 is 5.97 Å². The summed E-state index contributed by atoms with van der Waals surface area (Å²) in [5, 5.41) is 8.71. The van der Waals surface area contributed by atoms with Crippen molar-refractivity contribution in [2.75, 3.05) is 18.0 Å². The first-order valence-electron chi connectivity index (χ1n) is 5.49. The van der Waals surface area contributed by atoms with Crippen LogP contribution in [0.4, 0.5) is 5.95 Å². The van der Waals surface area contributed by atoms with Crippen LogP contribution in [0.15, 0.2) is 18.5 Å². The molecule has 1 saturated heterocycles. The monoisotopic (exact) mass is 257 g/mol. The second-order valence-electron chi connectivity index (χ2n) is 4.08. The molecular weight excluding hydrogens is 242 g/mol. The Morgan fingerprint density at radius 3 is 2.47 bits per heavy atom. The maximum atomic E-state index is 10.6. The van der Waals surface area contributed by atoms with Gasteiger partial charge in [0.25, 0.3) is 0 Å². The molecule has 2 rings (SSSR count). The number of hydrogen-bond donors (Lipinski definition) is 1. The van der Waals surface area contributed by atoms with Crippen LogP contribution in [0.2, 0.25) is 0 Å². The largest absolute Gasteiger partial charge is 0.481 e. The fourth-order valence-corrected chi connectivity index (χ4v) is 2.04. The highest BCUT2D eigenvalue weighted by molar-refractivity contribution is 5.85. The fraction of sp³-hybridized carbons (Fsp3) is 0.545. The van der Waals surface area contributed by atoms with Crippen molar-refractivity contribution in [2.45, 2.75) is 19.3 Å². The summed E-state index contributed by atoms with van der Waals surface area (Å²) in [6, 6.07) is 1.79. The quantitative estimate of drug-likeness (QED) is 0.891. The molecule has 0 saturated carbocycles. The summed E-state index contributed by atoms with van der Waals surface area (Å²) >= 11 is 0. The molecule has 5 nitrogen and oxygen atoms in total. The standard InChI is InChI=1S/C11H15N3O2.ClH/c15-10(16)8-9-2-6-14(7-3-9)11-12-4-1-5-13-11;/h1,4-5,9H,2-3,6-8H2,(H,15,16);1H. The molecule has 1 fully saturated rings. The SMILES string of the molecule is Cl.O=C(O)CC1CCN(c2ncccn2)CC1. The number of aromatic nitrogens is 2. The first-order valence-corrected chi connectivity index (χ1v) is 5.49. The van der Waals surface area contributed by atoms with E-state index in [0.29, 0.717) is 5.92 Å². The van der Waals surface area contributed by atoms with E-state index >= 15 is 0 Å². The Morgan fingerprint density at radius 1 is 1.35 bits per heavy atom. The number of aliphatic carboxylic acids is 1. The van der Waals surface area contributed by atoms with Crippen LogP contribution in [-0.2, 0) is 4.79 Å². The fourth-order valence-electron chi connectivity index (χ4n) is 2.04. The summed E-state index contributed by atoms with van der Waals surface area (Å²) < 4.78 is 0. The first-order chi connectivity index (χ1) is 7.75. The Morgan fingerprint density at radius 2 is 1.94 bits per heavy atom. The lowest BCUT2D eigenvalue weighted by molar-refractivity contribution is -0.138. The van der Waals surface area contributed by atoms with E-state index in [1.807, 2.05) is 0 Å². The number of rotatable bonds is 3. The van der Waals surface area contributed by atoms with Crippen LogP contribution in [0, 0.1) is 5.92 Å². The number of carbonyl (C=O) groups is 1. The van der Waals surface area contributed by atoms with Crippen molar-refractivity contribution < 1.29 is 9.90 Å². The highest BCUT2D eigenvalue weighted by Crippen LogP contribution is 2.22. The molecule has 1 aliphatic rings. The zero-order valence-corrected chi connectivity index (χ0v) is 10.3.